The van der Waals surface area contributed by atoms with Crippen molar-refractivity contribution in [3.05, 3.63) is 22.1 Å². The molecule has 0 radical (unpaired) electrons. The largest absolute Gasteiger partial charge is 0.368 e. The van der Waals surface area contributed by atoms with Crippen LogP contribution in [0, 0.1) is 6.92 Å². The number of nitrogens with zero attached hydrogens (tertiary/aromatic N) is 1. The lowest BCUT2D eigenvalue weighted by atomic mass is 9.97. The molecule has 7 heteroatoms. The van der Waals surface area contributed by atoms with Crippen LogP contribution >= 0.6 is 11.8 Å². The number of likely N-dealkylation sites (N-methyl/N-ethyl adjacent to an activating group) is 1. The van der Waals surface area contributed by atoms with Gasteiger partial charge in [0.2, 0.25) is 5.91 Å². The maximum atomic E-state index is 11.7. The molecule has 0 bridgehead atoms. The third-order valence-electron chi connectivity index (χ3n) is 3.58. The van der Waals surface area contributed by atoms with Crippen LogP contribution in [0.25, 0.3) is 0 Å². The first kappa shape index (κ1) is 15.1. The van der Waals surface area contributed by atoms with Gasteiger partial charge in [0.15, 0.2) is 5.16 Å². The summed E-state index contributed by atoms with van der Waals surface area (Å²) in [5.41, 5.74) is 5.47. The minimum Gasteiger partial charge on any atom is -0.368 e. The Morgan fingerprint density at radius 1 is 1.70 bits per heavy atom. The Hall–Kier alpha value is -1.34. The van der Waals surface area contributed by atoms with E-state index in [0.29, 0.717) is 23.8 Å². The first-order valence-electron chi connectivity index (χ1n) is 6.75. The van der Waals surface area contributed by atoms with Crippen molar-refractivity contribution in [1.29, 1.82) is 0 Å². The molecule has 4 N–H and O–H groups in total. The highest BCUT2D eigenvalue weighted by atomic mass is 32.2. The highest BCUT2D eigenvalue weighted by Crippen LogP contribution is 2.38. The summed E-state index contributed by atoms with van der Waals surface area (Å²) in [6.07, 6.45) is 2.26. The number of hydrogen-bond donors (Lipinski definition) is 3. The lowest BCUT2D eigenvalue weighted by molar-refractivity contribution is -0.124. The van der Waals surface area contributed by atoms with Crippen LogP contribution in [0.2, 0.25) is 0 Å². The second-order valence-electron chi connectivity index (χ2n) is 5.15. The molecule has 110 valence electrons. The van der Waals surface area contributed by atoms with Crippen molar-refractivity contribution >= 4 is 17.7 Å². The average molecular weight is 296 g/mol. The highest BCUT2D eigenvalue weighted by molar-refractivity contribution is 7.99. The summed E-state index contributed by atoms with van der Waals surface area (Å²) in [6, 6.07) is 1.46. The van der Waals surface area contributed by atoms with E-state index in [4.69, 9.17) is 5.73 Å². The van der Waals surface area contributed by atoms with E-state index in [1.165, 1.54) is 17.8 Å². The summed E-state index contributed by atoms with van der Waals surface area (Å²) in [5, 5.41) is 4.05. The second-order valence-corrected chi connectivity index (χ2v) is 6.44. The molecule has 0 aromatic carbocycles. The molecule has 0 saturated heterocycles. The van der Waals surface area contributed by atoms with Gasteiger partial charge in [-0.05, 0) is 32.7 Å². The van der Waals surface area contributed by atoms with Gasteiger partial charge in [-0.25, -0.2) is 4.98 Å². The van der Waals surface area contributed by atoms with E-state index in [1.54, 1.807) is 6.92 Å². The molecule has 1 heterocycles. The lowest BCUT2D eigenvalue weighted by Gasteiger charge is -2.26. The smallest absolute Gasteiger partial charge is 0.251 e. The molecule has 2 rings (SSSR count). The Balaban J connectivity index is 2.09. The molecule has 1 aliphatic rings. The highest BCUT2D eigenvalue weighted by Gasteiger charge is 2.43. The van der Waals surface area contributed by atoms with Gasteiger partial charge in [-0.3, -0.25) is 9.59 Å². The molecule has 1 aliphatic carbocycles. The fraction of sp³-hybridized carbons (Fsp3) is 0.615. The number of amides is 1. The van der Waals surface area contributed by atoms with Gasteiger partial charge in [0.1, 0.15) is 0 Å². The minimum atomic E-state index is -0.615. The van der Waals surface area contributed by atoms with E-state index in [-0.39, 0.29) is 16.7 Å². The summed E-state index contributed by atoms with van der Waals surface area (Å²) in [5.74, 6) is -0.298. The number of hydrogen-bond acceptors (Lipinski definition) is 5. The lowest BCUT2D eigenvalue weighted by Crippen LogP contribution is -2.53. The number of carbonyl (C=O) groups excluding carboxylic acids is 1. The third-order valence-corrected chi connectivity index (χ3v) is 4.73. The van der Waals surface area contributed by atoms with Gasteiger partial charge < -0.3 is 16.0 Å². The van der Waals surface area contributed by atoms with E-state index in [9.17, 15) is 9.59 Å². The summed E-state index contributed by atoms with van der Waals surface area (Å²) in [4.78, 5) is 30.2. The Morgan fingerprint density at radius 2 is 2.45 bits per heavy atom. The van der Waals surface area contributed by atoms with Crippen LogP contribution < -0.4 is 16.6 Å². The molecule has 0 aliphatic heterocycles. The quantitative estimate of drug-likeness (QED) is 0.689. The van der Waals surface area contributed by atoms with Crippen molar-refractivity contribution in [2.75, 3.05) is 6.54 Å². The predicted octanol–water partition coefficient (Wildman–Crippen LogP) is 0.557. The van der Waals surface area contributed by atoms with Gasteiger partial charge in [0.25, 0.3) is 5.56 Å². The molecule has 1 aromatic heterocycles. The van der Waals surface area contributed by atoms with Crippen molar-refractivity contribution in [2.24, 2.45) is 5.73 Å². The molecule has 2 unspecified atom stereocenters. The number of aromatic nitrogens is 2. The molecule has 1 saturated carbocycles. The van der Waals surface area contributed by atoms with Gasteiger partial charge >= 0.3 is 0 Å². The number of aromatic amines is 1. The van der Waals surface area contributed by atoms with Crippen molar-refractivity contribution in [3.8, 4) is 0 Å². The Labute approximate surface area is 121 Å². The first-order valence-corrected chi connectivity index (χ1v) is 7.63. The SMILES string of the molecule is CCNC1(C(N)=O)CCC(Sc2nc(C)cc(=O)[nH]2)C1. The maximum absolute atomic E-state index is 11.7. The standard InChI is InChI=1S/C13H20N4O2S/c1-3-15-13(11(14)19)5-4-9(7-13)20-12-16-8(2)6-10(18)17-12/h6,9,15H,3-5,7H2,1-2H3,(H2,14,19)(H,16,17,18). The Morgan fingerprint density at radius 3 is 3.05 bits per heavy atom. The van der Waals surface area contributed by atoms with Crippen LogP contribution in [0.4, 0.5) is 0 Å². The second kappa shape index (κ2) is 5.97. The zero-order chi connectivity index (χ0) is 14.8. The third kappa shape index (κ3) is 3.21. The number of H-pyrrole nitrogens is 1. The monoisotopic (exact) mass is 296 g/mol. The van der Waals surface area contributed by atoms with E-state index >= 15 is 0 Å². The Kier molecular flexibility index (Phi) is 4.49. The van der Waals surface area contributed by atoms with Crippen molar-refractivity contribution in [3.63, 3.8) is 0 Å². The number of carbonyl (C=O) groups is 1. The topological polar surface area (TPSA) is 101 Å². The van der Waals surface area contributed by atoms with E-state index in [1.807, 2.05) is 6.92 Å². The van der Waals surface area contributed by atoms with Crippen molar-refractivity contribution in [2.45, 2.75) is 49.1 Å². The van der Waals surface area contributed by atoms with Gasteiger partial charge in [-0.1, -0.05) is 18.7 Å². The van der Waals surface area contributed by atoms with Gasteiger partial charge in [-0.2, -0.15) is 0 Å². The number of primary amides is 1. The zero-order valence-electron chi connectivity index (χ0n) is 11.7. The molecular weight excluding hydrogens is 276 g/mol. The number of thioether (sulfide) groups is 1. The summed E-state index contributed by atoms with van der Waals surface area (Å²) in [7, 11) is 0. The molecule has 0 spiro atoms. The van der Waals surface area contributed by atoms with Gasteiger partial charge in [-0.15, -0.1) is 0 Å². The first-order chi connectivity index (χ1) is 9.45. The summed E-state index contributed by atoms with van der Waals surface area (Å²) in [6.45, 7) is 4.46. The van der Waals surface area contributed by atoms with Crippen LogP contribution in [0.3, 0.4) is 0 Å². The van der Waals surface area contributed by atoms with Crippen LogP contribution in [0.15, 0.2) is 16.0 Å². The number of nitrogens with one attached hydrogen (secondary N) is 2. The molecule has 2 atom stereocenters. The van der Waals surface area contributed by atoms with Crippen LogP contribution in [0.5, 0.6) is 0 Å². The van der Waals surface area contributed by atoms with E-state index in [0.717, 1.165) is 12.8 Å². The molecule has 1 aromatic rings. The Bertz CT molecular complexity index is 560. The van der Waals surface area contributed by atoms with Crippen molar-refractivity contribution in [1.82, 2.24) is 15.3 Å². The maximum Gasteiger partial charge on any atom is 0.251 e. The van der Waals surface area contributed by atoms with Crippen LogP contribution in [-0.2, 0) is 4.79 Å². The van der Waals surface area contributed by atoms with Gasteiger partial charge in [0.05, 0.1) is 5.54 Å². The van der Waals surface area contributed by atoms with Crippen LogP contribution in [0.1, 0.15) is 31.9 Å². The number of nitrogens with two attached hydrogens (primary N) is 1. The molecule has 6 nitrogen and oxygen atoms in total. The van der Waals surface area contributed by atoms with E-state index in [2.05, 4.69) is 15.3 Å². The fourth-order valence-electron chi connectivity index (χ4n) is 2.68. The zero-order valence-corrected chi connectivity index (χ0v) is 12.5. The predicted molar refractivity (Wildman–Crippen MR) is 78.7 cm³/mol. The molecule has 1 fully saturated rings. The van der Waals surface area contributed by atoms with E-state index < -0.39 is 5.54 Å². The van der Waals surface area contributed by atoms with Crippen molar-refractivity contribution < 1.29 is 4.79 Å². The average Bonchev–Trinajstić information content (AvgIpc) is 2.72. The normalized spacial score (nSPS) is 25.8. The minimum absolute atomic E-state index is 0.147. The van der Waals surface area contributed by atoms with Gasteiger partial charge in [0, 0.05) is 17.0 Å². The van der Waals surface area contributed by atoms with Crippen LogP contribution in [-0.4, -0.2) is 33.2 Å². The fourth-order valence-corrected chi connectivity index (χ4v) is 3.95. The summed E-state index contributed by atoms with van der Waals surface area (Å²) >= 11 is 1.51. The molecule has 1 amide bonds. The number of aryl methyl sites for hydroxylation is 1. The molecular formula is C13H20N4O2S. The number of rotatable bonds is 5. The molecule has 20 heavy (non-hydrogen) atoms. The summed E-state index contributed by atoms with van der Waals surface area (Å²) < 4.78 is 0.